The minimum Gasteiger partial charge on any atom is -0.465 e. The van der Waals surface area contributed by atoms with Crippen molar-refractivity contribution >= 4 is 20.5 Å². The zero-order valence-corrected chi connectivity index (χ0v) is 17.5. The lowest BCUT2D eigenvalue weighted by Crippen LogP contribution is -2.39. The second-order valence-corrected chi connectivity index (χ2v) is 10.0. The predicted octanol–water partition coefficient (Wildman–Crippen LogP) is 3.60. The molecule has 0 radical (unpaired) electrons. The summed E-state index contributed by atoms with van der Waals surface area (Å²) in [5.41, 5.74) is 0. The summed E-state index contributed by atoms with van der Waals surface area (Å²) in [6, 6.07) is 0.775. The van der Waals surface area contributed by atoms with Gasteiger partial charge in [-0.3, -0.25) is 9.59 Å². The summed E-state index contributed by atoms with van der Waals surface area (Å²) in [4.78, 5) is 24.6. The van der Waals surface area contributed by atoms with E-state index in [-0.39, 0.29) is 18.5 Å². The molecule has 0 amide bonds. The fourth-order valence-corrected chi connectivity index (χ4v) is 5.79. The summed E-state index contributed by atoms with van der Waals surface area (Å²) in [5.74, 6) is -1.41. The van der Waals surface area contributed by atoms with Gasteiger partial charge in [-0.15, -0.1) is 0 Å². The van der Waals surface area contributed by atoms with Gasteiger partial charge in [-0.2, -0.15) is 0 Å². The molecule has 6 nitrogen and oxygen atoms in total. The van der Waals surface area contributed by atoms with Gasteiger partial charge in [-0.25, -0.2) is 0 Å². The van der Waals surface area contributed by atoms with Crippen LogP contribution in [0.25, 0.3) is 0 Å². The van der Waals surface area contributed by atoms with Gasteiger partial charge < -0.3 is 18.3 Å². The Morgan fingerprint density at radius 2 is 1.58 bits per heavy atom. The molecule has 7 heteroatoms. The van der Waals surface area contributed by atoms with Gasteiger partial charge in [0.15, 0.2) is 0 Å². The molecule has 1 rings (SSSR count). The van der Waals surface area contributed by atoms with Crippen molar-refractivity contribution in [2.75, 3.05) is 26.4 Å². The molecule has 0 saturated heterocycles. The molecule has 150 valence electrons. The largest absolute Gasteiger partial charge is 0.465 e. The molecule has 0 aromatic rings. The summed E-state index contributed by atoms with van der Waals surface area (Å²) in [6.45, 7) is 11.2. The molecule has 1 aliphatic rings. The number of carbonyl (C=O) groups is 2. The molecular weight excluding hydrogens is 352 g/mol. The van der Waals surface area contributed by atoms with Crippen molar-refractivity contribution in [1.82, 2.24) is 0 Å². The maximum Gasteiger partial charge on any atom is 0.335 e. The van der Waals surface area contributed by atoms with Crippen molar-refractivity contribution in [1.29, 1.82) is 0 Å². The van der Waals surface area contributed by atoms with Gasteiger partial charge in [-0.05, 0) is 45.7 Å². The van der Waals surface area contributed by atoms with Crippen LogP contribution in [0, 0.1) is 11.8 Å². The van der Waals surface area contributed by atoms with Gasteiger partial charge in [0, 0.05) is 13.2 Å². The highest BCUT2D eigenvalue weighted by atomic mass is 28.4. The summed E-state index contributed by atoms with van der Waals surface area (Å²) in [6.07, 6.45) is 5.46. The molecule has 1 aliphatic carbocycles. The van der Waals surface area contributed by atoms with E-state index in [0.717, 1.165) is 18.9 Å². The van der Waals surface area contributed by atoms with Crippen LogP contribution in [0.3, 0.4) is 0 Å². The third kappa shape index (κ3) is 7.59. The number of hydrogen-bond donors (Lipinski definition) is 0. The van der Waals surface area contributed by atoms with Crippen LogP contribution in [0.5, 0.6) is 0 Å². The average Bonchev–Trinajstić information content (AvgIpc) is 2.63. The van der Waals surface area contributed by atoms with Crippen molar-refractivity contribution in [3.63, 3.8) is 0 Å². The first kappa shape index (κ1) is 22.9. The second kappa shape index (κ2) is 12.2. The Labute approximate surface area is 158 Å². The Bertz CT molecular complexity index is 447. The van der Waals surface area contributed by atoms with E-state index in [9.17, 15) is 9.59 Å². The Balaban J connectivity index is 2.46. The summed E-state index contributed by atoms with van der Waals surface area (Å²) >= 11 is 0. The standard InChI is InChI=1S/C19H34O6Si/c1-5-13-22-18(20)16-11-8-9-12-17(16)19(21)23-14-10-15-26(4,24-6-2)25-7-3/h5,16-17H,1,6-15H2,2-4H3. The van der Waals surface area contributed by atoms with Gasteiger partial charge in [0.2, 0.25) is 0 Å². The SMILES string of the molecule is C=CCOC(=O)C1CCCCC1C(=O)OCCC[Si](C)(OCC)OCC. The van der Waals surface area contributed by atoms with Gasteiger partial charge in [0.1, 0.15) is 6.61 Å². The first-order chi connectivity index (χ1) is 12.5. The van der Waals surface area contributed by atoms with Gasteiger partial charge in [-0.1, -0.05) is 25.5 Å². The van der Waals surface area contributed by atoms with Crippen molar-refractivity contribution in [3.05, 3.63) is 12.7 Å². The smallest absolute Gasteiger partial charge is 0.335 e. The molecule has 26 heavy (non-hydrogen) atoms. The Morgan fingerprint density at radius 3 is 2.08 bits per heavy atom. The van der Waals surface area contributed by atoms with E-state index in [1.165, 1.54) is 6.08 Å². The van der Waals surface area contributed by atoms with E-state index >= 15 is 0 Å². The molecule has 0 aliphatic heterocycles. The fraction of sp³-hybridized carbons (Fsp3) is 0.789. The zero-order chi connectivity index (χ0) is 19.4. The van der Waals surface area contributed by atoms with E-state index in [1.807, 2.05) is 20.4 Å². The molecule has 0 aromatic heterocycles. The van der Waals surface area contributed by atoms with Gasteiger partial charge in [0.25, 0.3) is 0 Å². The minimum atomic E-state index is -2.18. The van der Waals surface area contributed by atoms with Crippen molar-refractivity contribution < 1.29 is 27.9 Å². The molecule has 2 unspecified atom stereocenters. The lowest BCUT2D eigenvalue weighted by molar-refractivity contribution is -0.162. The molecular formula is C19H34O6Si. The number of carbonyl (C=O) groups excluding carboxylic acids is 2. The van der Waals surface area contributed by atoms with Crippen LogP contribution < -0.4 is 0 Å². The Kier molecular flexibility index (Phi) is 10.8. The van der Waals surface area contributed by atoms with E-state index in [2.05, 4.69) is 6.58 Å². The molecule has 1 saturated carbocycles. The third-order valence-corrected chi connectivity index (χ3v) is 7.69. The van der Waals surface area contributed by atoms with Crippen molar-refractivity contribution in [2.24, 2.45) is 11.8 Å². The molecule has 0 spiro atoms. The van der Waals surface area contributed by atoms with E-state index in [4.69, 9.17) is 18.3 Å². The predicted molar refractivity (Wildman–Crippen MR) is 102 cm³/mol. The highest BCUT2D eigenvalue weighted by molar-refractivity contribution is 6.66. The molecule has 1 fully saturated rings. The topological polar surface area (TPSA) is 71.1 Å². The highest BCUT2D eigenvalue weighted by Gasteiger charge is 2.38. The van der Waals surface area contributed by atoms with Crippen LogP contribution in [-0.2, 0) is 27.9 Å². The molecule has 0 heterocycles. The fourth-order valence-electron chi connectivity index (χ4n) is 3.41. The van der Waals surface area contributed by atoms with E-state index in [1.54, 1.807) is 0 Å². The second-order valence-electron chi connectivity index (χ2n) is 6.69. The normalized spacial score (nSPS) is 20.4. The number of rotatable bonds is 12. The first-order valence-electron chi connectivity index (χ1n) is 9.69. The molecule has 2 atom stereocenters. The molecule has 0 bridgehead atoms. The number of hydrogen-bond acceptors (Lipinski definition) is 6. The van der Waals surface area contributed by atoms with E-state index in [0.29, 0.717) is 39.1 Å². The lowest BCUT2D eigenvalue weighted by Gasteiger charge is -2.28. The highest BCUT2D eigenvalue weighted by Crippen LogP contribution is 2.32. The van der Waals surface area contributed by atoms with Crippen LogP contribution in [0.4, 0.5) is 0 Å². The Hall–Kier alpha value is -1.18. The van der Waals surface area contributed by atoms with Crippen LogP contribution in [0.1, 0.15) is 46.0 Å². The Morgan fingerprint density at radius 1 is 1.04 bits per heavy atom. The maximum atomic E-state index is 12.5. The summed E-state index contributed by atoms with van der Waals surface area (Å²) in [5, 5.41) is 0. The first-order valence-corrected chi connectivity index (χ1v) is 12.2. The van der Waals surface area contributed by atoms with Crippen molar-refractivity contribution in [3.8, 4) is 0 Å². The van der Waals surface area contributed by atoms with Crippen LogP contribution in [-0.4, -0.2) is 46.9 Å². The van der Waals surface area contributed by atoms with Crippen LogP contribution in [0.15, 0.2) is 12.7 Å². The van der Waals surface area contributed by atoms with Crippen LogP contribution >= 0.6 is 0 Å². The summed E-state index contributed by atoms with van der Waals surface area (Å²) < 4.78 is 22.2. The molecule has 0 N–H and O–H groups in total. The van der Waals surface area contributed by atoms with Crippen LogP contribution in [0.2, 0.25) is 12.6 Å². The van der Waals surface area contributed by atoms with E-state index < -0.39 is 20.4 Å². The monoisotopic (exact) mass is 386 g/mol. The quantitative estimate of drug-likeness (QED) is 0.221. The summed E-state index contributed by atoms with van der Waals surface area (Å²) in [7, 11) is -2.18. The maximum absolute atomic E-state index is 12.5. The lowest BCUT2D eigenvalue weighted by atomic mass is 9.79. The van der Waals surface area contributed by atoms with Gasteiger partial charge in [0.05, 0.1) is 18.4 Å². The third-order valence-electron chi connectivity index (χ3n) is 4.63. The minimum absolute atomic E-state index is 0.176. The number of ether oxygens (including phenoxy) is 2. The zero-order valence-electron chi connectivity index (χ0n) is 16.5. The van der Waals surface area contributed by atoms with Crippen molar-refractivity contribution in [2.45, 2.75) is 58.5 Å². The number of esters is 2. The average molecular weight is 387 g/mol. The van der Waals surface area contributed by atoms with Gasteiger partial charge >= 0.3 is 20.5 Å². The molecule has 0 aromatic carbocycles.